The number of thioether (sulfide) groups is 1. The fourth-order valence-electron chi connectivity index (χ4n) is 4.18. The van der Waals surface area contributed by atoms with E-state index in [4.69, 9.17) is 0 Å². The third kappa shape index (κ3) is 3.97. The minimum absolute atomic E-state index is 0.230. The van der Waals surface area contributed by atoms with E-state index in [0.29, 0.717) is 17.0 Å². The monoisotopic (exact) mass is 344 g/mol. The molecule has 2 aliphatic carbocycles. The third-order valence-corrected chi connectivity index (χ3v) is 7.01. The van der Waals surface area contributed by atoms with Crippen LogP contribution >= 0.6 is 11.8 Å². The SMILES string of the molecule is O=C(CS[C@@H]1CCCc2ccccc21)NC1CCN(C2CC2)CC1. The van der Waals surface area contributed by atoms with Gasteiger partial charge < -0.3 is 10.2 Å². The molecule has 0 radical (unpaired) electrons. The highest BCUT2D eigenvalue weighted by Gasteiger charge is 2.32. The molecule has 4 rings (SSSR count). The lowest BCUT2D eigenvalue weighted by atomic mass is 9.91. The summed E-state index contributed by atoms with van der Waals surface area (Å²) in [6.45, 7) is 2.33. The first kappa shape index (κ1) is 16.5. The molecule has 1 saturated carbocycles. The molecule has 1 atom stereocenters. The Kier molecular flexibility index (Phi) is 5.14. The Morgan fingerprint density at radius 3 is 2.71 bits per heavy atom. The molecule has 24 heavy (non-hydrogen) atoms. The number of hydrogen-bond donors (Lipinski definition) is 1. The molecule has 130 valence electrons. The van der Waals surface area contributed by atoms with Gasteiger partial charge in [-0.25, -0.2) is 0 Å². The molecule has 1 saturated heterocycles. The molecule has 2 fully saturated rings. The van der Waals surface area contributed by atoms with E-state index < -0.39 is 0 Å². The van der Waals surface area contributed by atoms with Gasteiger partial charge in [-0.15, -0.1) is 11.8 Å². The first-order valence-electron chi connectivity index (χ1n) is 9.52. The minimum Gasteiger partial charge on any atom is -0.353 e. The van der Waals surface area contributed by atoms with E-state index in [1.54, 1.807) is 0 Å². The molecule has 1 aromatic carbocycles. The van der Waals surface area contributed by atoms with Crippen molar-refractivity contribution in [1.29, 1.82) is 0 Å². The fourth-order valence-corrected chi connectivity index (χ4v) is 5.36. The molecule has 0 spiro atoms. The van der Waals surface area contributed by atoms with Crippen LogP contribution in [0.3, 0.4) is 0 Å². The summed E-state index contributed by atoms with van der Waals surface area (Å²) in [6, 6.07) is 10.0. The van der Waals surface area contributed by atoms with E-state index >= 15 is 0 Å². The maximum absolute atomic E-state index is 12.3. The van der Waals surface area contributed by atoms with Crippen molar-refractivity contribution in [3.63, 3.8) is 0 Å². The molecule has 1 heterocycles. The molecule has 4 heteroatoms. The average Bonchev–Trinajstić information content (AvgIpc) is 3.46. The molecule has 3 aliphatic rings. The summed E-state index contributed by atoms with van der Waals surface area (Å²) in [7, 11) is 0. The number of hydrogen-bond acceptors (Lipinski definition) is 3. The van der Waals surface area contributed by atoms with Crippen molar-refractivity contribution in [3.8, 4) is 0 Å². The minimum atomic E-state index is 0.230. The number of rotatable bonds is 5. The van der Waals surface area contributed by atoms with Crippen LogP contribution in [0, 0.1) is 0 Å². The van der Waals surface area contributed by atoms with Gasteiger partial charge in [-0.2, -0.15) is 0 Å². The van der Waals surface area contributed by atoms with Gasteiger partial charge in [0.2, 0.25) is 5.91 Å². The molecular formula is C20H28N2OS. The van der Waals surface area contributed by atoms with E-state index in [1.165, 1.54) is 56.3 Å². The van der Waals surface area contributed by atoms with E-state index in [2.05, 4.69) is 34.5 Å². The van der Waals surface area contributed by atoms with Crippen LogP contribution in [0.2, 0.25) is 0 Å². The van der Waals surface area contributed by atoms with Crippen LogP contribution in [-0.2, 0) is 11.2 Å². The number of carbonyl (C=O) groups excluding carboxylic acids is 1. The molecule has 1 aromatic rings. The van der Waals surface area contributed by atoms with Gasteiger partial charge in [-0.05, 0) is 56.1 Å². The normalized spacial score (nSPS) is 25.2. The van der Waals surface area contributed by atoms with E-state index in [9.17, 15) is 4.79 Å². The summed E-state index contributed by atoms with van der Waals surface area (Å²) < 4.78 is 0. The summed E-state index contributed by atoms with van der Waals surface area (Å²) in [5.41, 5.74) is 2.94. The Morgan fingerprint density at radius 2 is 1.92 bits per heavy atom. The van der Waals surface area contributed by atoms with Crippen LogP contribution in [0.1, 0.15) is 54.9 Å². The predicted octanol–water partition coefficient (Wildman–Crippen LogP) is 3.54. The highest BCUT2D eigenvalue weighted by atomic mass is 32.2. The summed E-state index contributed by atoms with van der Waals surface area (Å²) in [5.74, 6) is 0.829. The molecule has 1 amide bonds. The van der Waals surface area contributed by atoms with E-state index in [1.807, 2.05) is 11.8 Å². The number of piperidine rings is 1. The van der Waals surface area contributed by atoms with Crippen molar-refractivity contribution in [3.05, 3.63) is 35.4 Å². The number of fused-ring (bicyclic) bond motifs is 1. The molecule has 3 nitrogen and oxygen atoms in total. The van der Waals surface area contributed by atoms with Gasteiger partial charge in [0.1, 0.15) is 0 Å². The average molecular weight is 345 g/mol. The van der Waals surface area contributed by atoms with Crippen molar-refractivity contribution in [1.82, 2.24) is 10.2 Å². The number of benzene rings is 1. The van der Waals surface area contributed by atoms with Crippen molar-refractivity contribution in [2.24, 2.45) is 0 Å². The quantitative estimate of drug-likeness (QED) is 0.887. The van der Waals surface area contributed by atoms with Gasteiger partial charge in [0, 0.05) is 30.4 Å². The van der Waals surface area contributed by atoms with Crippen LogP contribution in [0.5, 0.6) is 0 Å². The number of aryl methyl sites for hydroxylation is 1. The van der Waals surface area contributed by atoms with Gasteiger partial charge >= 0.3 is 0 Å². The van der Waals surface area contributed by atoms with Crippen LogP contribution in [-0.4, -0.2) is 41.7 Å². The Morgan fingerprint density at radius 1 is 1.12 bits per heavy atom. The summed E-state index contributed by atoms with van der Waals surface area (Å²) in [6.07, 6.45) is 8.66. The largest absolute Gasteiger partial charge is 0.353 e. The fraction of sp³-hybridized carbons (Fsp3) is 0.650. The molecule has 0 unspecified atom stereocenters. The van der Waals surface area contributed by atoms with Crippen molar-refractivity contribution < 1.29 is 4.79 Å². The van der Waals surface area contributed by atoms with Crippen LogP contribution < -0.4 is 5.32 Å². The van der Waals surface area contributed by atoms with Crippen molar-refractivity contribution >= 4 is 17.7 Å². The van der Waals surface area contributed by atoms with Gasteiger partial charge in [0.15, 0.2) is 0 Å². The zero-order valence-electron chi connectivity index (χ0n) is 14.4. The standard InChI is InChI=1S/C20H28N2OS/c23-20(21-16-10-12-22(13-11-16)17-8-9-17)14-24-19-7-3-5-15-4-1-2-6-18(15)19/h1-2,4,6,16-17,19H,3,5,7-14H2,(H,21,23)/t19-/m1/s1. The van der Waals surface area contributed by atoms with Crippen LogP contribution in [0.15, 0.2) is 24.3 Å². The zero-order valence-corrected chi connectivity index (χ0v) is 15.2. The Labute approximate surface area is 149 Å². The summed E-state index contributed by atoms with van der Waals surface area (Å²) >= 11 is 1.83. The van der Waals surface area contributed by atoms with Crippen molar-refractivity contribution in [2.45, 2.75) is 62.3 Å². The molecule has 0 bridgehead atoms. The number of nitrogens with zero attached hydrogens (tertiary/aromatic N) is 1. The van der Waals surface area contributed by atoms with E-state index in [0.717, 1.165) is 18.9 Å². The van der Waals surface area contributed by atoms with Crippen molar-refractivity contribution in [2.75, 3.05) is 18.8 Å². The Balaban J connectivity index is 1.23. The lowest BCUT2D eigenvalue weighted by molar-refractivity contribution is -0.119. The summed E-state index contributed by atoms with van der Waals surface area (Å²) in [4.78, 5) is 15.0. The lowest BCUT2D eigenvalue weighted by Crippen LogP contribution is -2.45. The van der Waals surface area contributed by atoms with Gasteiger partial charge in [0.25, 0.3) is 0 Å². The van der Waals surface area contributed by atoms with Gasteiger partial charge in [-0.1, -0.05) is 24.3 Å². The van der Waals surface area contributed by atoms with Crippen LogP contribution in [0.4, 0.5) is 0 Å². The first-order valence-corrected chi connectivity index (χ1v) is 10.6. The second-order valence-corrected chi connectivity index (χ2v) is 8.69. The van der Waals surface area contributed by atoms with Gasteiger partial charge in [-0.3, -0.25) is 4.79 Å². The third-order valence-electron chi connectivity index (χ3n) is 5.69. The molecule has 0 aromatic heterocycles. The maximum atomic E-state index is 12.3. The Bertz CT molecular complexity index is 579. The summed E-state index contributed by atoms with van der Waals surface area (Å²) in [5, 5.41) is 3.77. The highest BCUT2D eigenvalue weighted by Crippen LogP contribution is 2.39. The maximum Gasteiger partial charge on any atom is 0.230 e. The number of nitrogens with one attached hydrogen (secondary N) is 1. The lowest BCUT2D eigenvalue weighted by Gasteiger charge is -2.32. The predicted molar refractivity (Wildman–Crippen MR) is 100 cm³/mol. The highest BCUT2D eigenvalue weighted by molar-refractivity contribution is 8.00. The number of likely N-dealkylation sites (tertiary alicyclic amines) is 1. The second-order valence-electron chi connectivity index (χ2n) is 7.50. The molecular weight excluding hydrogens is 316 g/mol. The smallest absolute Gasteiger partial charge is 0.230 e. The van der Waals surface area contributed by atoms with Gasteiger partial charge in [0.05, 0.1) is 5.75 Å². The van der Waals surface area contributed by atoms with Crippen LogP contribution in [0.25, 0.3) is 0 Å². The first-order chi connectivity index (χ1) is 11.8. The number of carbonyl (C=O) groups is 1. The topological polar surface area (TPSA) is 32.3 Å². The molecule has 1 N–H and O–H groups in total. The molecule has 1 aliphatic heterocycles. The number of amides is 1. The Hall–Kier alpha value is -1.00. The zero-order chi connectivity index (χ0) is 16.4. The second kappa shape index (κ2) is 7.49. The van der Waals surface area contributed by atoms with E-state index in [-0.39, 0.29) is 5.91 Å².